The van der Waals surface area contributed by atoms with Gasteiger partial charge in [0.25, 0.3) is 5.91 Å². The Balaban J connectivity index is 2.19. The Labute approximate surface area is 92.2 Å². The number of hydrogen-bond acceptors (Lipinski definition) is 3. The van der Waals surface area contributed by atoms with Crippen molar-refractivity contribution in [3.63, 3.8) is 0 Å². The highest BCUT2D eigenvalue weighted by Crippen LogP contribution is 2.14. The van der Waals surface area contributed by atoms with Gasteiger partial charge in [-0.2, -0.15) is 0 Å². The average Bonchev–Trinajstić information content (AvgIpc) is 2.78. The predicted octanol–water partition coefficient (Wildman–Crippen LogP) is 0.570. The highest BCUT2D eigenvalue weighted by atomic mass is 16.5. The van der Waals surface area contributed by atoms with Crippen LogP contribution in [0.25, 0.3) is 0 Å². The van der Waals surface area contributed by atoms with Crippen LogP contribution < -0.4 is 0 Å². The second-order valence-electron chi connectivity index (χ2n) is 3.49. The van der Waals surface area contributed by atoms with Crippen LogP contribution in [0, 0.1) is 0 Å². The molecule has 5 heteroatoms. The zero-order chi connectivity index (χ0) is 11.5. The van der Waals surface area contributed by atoms with E-state index in [2.05, 4.69) is 0 Å². The molecule has 1 atom stereocenters. The number of carbonyl (C=O) groups excluding carboxylic acids is 1. The lowest BCUT2D eigenvalue weighted by Gasteiger charge is -2.18. The molecule has 1 aliphatic heterocycles. The van der Waals surface area contributed by atoms with Gasteiger partial charge in [-0.25, -0.2) is 4.79 Å². The monoisotopic (exact) mass is 221 g/mol. The number of rotatable bonds is 2. The lowest BCUT2D eigenvalue weighted by Crippen LogP contribution is -2.41. The maximum absolute atomic E-state index is 11.9. The van der Waals surface area contributed by atoms with Crippen LogP contribution in [0.15, 0.2) is 30.3 Å². The molecule has 0 bridgehead atoms. The van der Waals surface area contributed by atoms with Gasteiger partial charge < -0.3 is 9.84 Å². The molecule has 0 radical (unpaired) electrons. The fourth-order valence-electron chi connectivity index (χ4n) is 1.59. The van der Waals surface area contributed by atoms with E-state index in [9.17, 15) is 9.59 Å². The van der Waals surface area contributed by atoms with E-state index >= 15 is 0 Å². The summed E-state index contributed by atoms with van der Waals surface area (Å²) < 4.78 is 5.00. The number of carboxylic acid groups (broad SMARTS) is 1. The van der Waals surface area contributed by atoms with Crippen molar-refractivity contribution in [1.82, 2.24) is 4.90 Å². The minimum atomic E-state index is -1.04. The summed E-state index contributed by atoms with van der Waals surface area (Å²) in [7, 11) is 0. The molecule has 0 spiro atoms. The molecule has 0 aromatic heterocycles. The second-order valence-corrected chi connectivity index (χ2v) is 3.49. The number of aliphatic carboxylic acids is 1. The maximum atomic E-state index is 11.9. The first-order valence-electron chi connectivity index (χ1n) is 4.86. The van der Waals surface area contributed by atoms with E-state index in [0.29, 0.717) is 5.56 Å². The Bertz CT molecular complexity index is 404. The third kappa shape index (κ3) is 1.90. The molecular weight excluding hydrogens is 210 g/mol. The van der Waals surface area contributed by atoms with E-state index in [1.165, 1.54) is 4.90 Å². The largest absolute Gasteiger partial charge is 0.480 e. The van der Waals surface area contributed by atoms with Crippen molar-refractivity contribution >= 4 is 11.9 Å². The lowest BCUT2D eigenvalue weighted by atomic mass is 10.2. The van der Waals surface area contributed by atoms with Crippen LogP contribution in [0.1, 0.15) is 10.4 Å². The third-order valence-electron chi connectivity index (χ3n) is 2.45. The first-order chi connectivity index (χ1) is 7.70. The quantitative estimate of drug-likeness (QED) is 0.792. The Morgan fingerprint density at radius 2 is 2.00 bits per heavy atom. The van der Waals surface area contributed by atoms with Crippen LogP contribution in [0.2, 0.25) is 0 Å². The molecule has 1 aromatic carbocycles. The van der Waals surface area contributed by atoms with Gasteiger partial charge in [-0.15, -0.1) is 0 Å². The number of benzene rings is 1. The minimum absolute atomic E-state index is 0.0324. The van der Waals surface area contributed by atoms with Crippen LogP contribution in [-0.4, -0.2) is 41.3 Å². The number of carbonyl (C=O) groups is 2. The first kappa shape index (κ1) is 10.6. The molecule has 1 aromatic rings. The van der Waals surface area contributed by atoms with E-state index in [-0.39, 0.29) is 19.2 Å². The Hall–Kier alpha value is -1.88. The van der Waals surface area contributed by atoms with Gasteiger partial charge in [0.1, 0.15) is 6.73 Å². The first-order valence-corrected chi connectivity index (χ1v) is 4.86. The number of carboxylic acids is 1. The molecule has 0 aliphatic carbocycles. The van der Waals surface area contributed by atoms with Gasteiger partial charge in [0.15, 0.2) is 6.04 Å². The summed E-state index contributed by atoms with van der Waals surface area (Å²) >= 11 is 0. The summed E-state index contributed by atoms with van der Waals surface area (Å²) in [4.78, 5) is 24.0. The Morgan fingerprint density at radius 1 is 1.31 bits per heavy atom. The van der Waals surface area contributed by atoms with Crippen molar-refractivity contribution in [2.75, 3.05) is 13.3 Å². The molecule has 84 valence electrons. The Morgan fingerprint density at radius 3 is 2.62 bits per heavy atom. The zero-order valence-electron chi connectivity index (χ0n) is 8.50. The third-order valence-corrected chi connectivity index (χ3v) is 2.45. The van der Waals surface area contributed by atoms with Gasteiger partial charge in [-0.3, -0.25) is 9.69 Å². The number of ether oxygens (including phenoxy) is 1. The standard InChI is InChI=1S/C11H11NO4/c13-10(8-4-2-1-3-5-8)12-7-16-6-9(12)11(14)15/h1-5,9H,6-7H2,(H,14,15). The fourth-order valence-corrected chi connectivity index (χ4v) is 1.59. The van der Waals surface area contributed by atoms with Crippen molar-refractivity contribution in [3.05, 3.63) is 35.9 Å². The van der Waals surface area contributed by atoms with Gasteiger partial charge in [0.2, 0.25) is 0 Å². The van der Waals surface area contributed by atoms with Crippen LogP contribution >= 0.6 is 0 Å². The summed E-state index contributed by atoms with van der Waals surface area (Å²) in [6.45, 7) is 0.0819. The van der Waals surface area contributed by atoms with Crippen molar-refractivity contribution in [1.29, 1.82) is 0 Å². The smallest absolute Gasteiger partial charge is 0.328 e. The molecule has 1 N–H and O–H groups in total. The van der Waals surface area contributed by atoms with Crippen molar-refractivity contribution in [2.24, 2.45) is 0 Å². The van der Waals surface area contributed by atoms with E-state index in [1.54, 1.807) is 30.3 Å². The Kier molecular flexibility index (Phi) is 2.87. The van der Waals surface area contributed by atoms with Gasteiger partial charge >= 0.3 is 5.97 Å². The summed E-state index contributed by atoms with van der Waals surface area (Å²) in [5.41, 5.74) is 0.472. The molecule has 1 unspecified atom stereocenters. The number of nitrogens with zero attached hydrogens (tertiary/aromatic N) is 1. The van der Waals surface area contributed by atoms with Gasteiger partial charge in [-0.05, 0) is 12.1 Å². The highest BCUT2D eigenvalue weighted by molar-refractivity contribution is 5.96. The molecule has 5 nitrogen and oxygen atoms in total. The van der Waals surface area contributed by atoms with Crippen molar-refractivity contribution < 1.29 is 19.4 Å². The molecular formula is C11H11NO4. The van der Waals surface area contributed by atoms with Crippen molar-refractivity contribution in [3.8, 4) is 0 Å². The fraction of sp³-hybridized carbons (Fsp3) is 0.273. The SMILES string of the molecule is O=C(O)C1COCN1C(=O)c1ccccc1. The average molecular weight is 221 g/mol. The molecule has 1 heterocycles. The molecule has 1 aliphatic rings. The summed E-state index contributed by atoms with van der Waals surface area (Å²) in [5, 5.41) is 8.91. The lowest BCUT2D eigenvalue weighted by molar-refractivity contribution is -0.141. The second kappa shape index (κ2) is 4.32. The molecule has 1 amide bonds. The van der Waals surface area contributed by atoms with Crippen molar-refractivity contribution in [2.45, 2.75) is 6.04 Å². The van der Waals surface area contributed by atoms with Crippen LogP contribution in [0.5, 0.6) is 0 Å². The van der Waals surface area contributed by atoms with Gasteiger partial charge in [-0.1, -0.05) is 18.2 Å². The van der Waals surface area contributed by atoms with E-state index in [1.807, 2.05) is 0 Å². The highest BCUT2D eigenvalue weighted by Gasteiger charge is 2.35. The number of amides is 1. The van der Waals surface area contributed by atoms with Crippen LogP contribution in [0.4, 0.5) is 0 Å². The summed E-state index contributed by atoms with van der Waals surface area (Å²) in [6, 6.07) is 7.69. The zero-order valence-corrected chi connectivity index (χ0v) is 8.50. The van der Waals surface area contributed by atoms with Crippen LogP contribution in [0.3, 0.4) is 0 Å². The molecule has 2 rings (SSSR count). The predicted molar refractivity (Wildman–Crippen MR) is 54.9 cm³/mol. The van der Waals surface area contributed by atoms with Gasteiger partial charge in [0.05, 0.1) is 6.61 Å². The number of hydrogen-bond donors (Lipinski definition) is 1. The molecule has 1 fully saturated rings. The molecule has 16 heavy (non-hydrogen) atoms. The van der Waals surface area contributed by atoms with Crippen LogP contribution in [-0.2, 0) is 9.53 Å². The molecule has 1 saturated heterocycles. The van der Waals surface area contributed by atoms with Gasteiger partial charge in [0, 0.05) is 5.56 Å². The normalized spacial score (nSPS) is 19.8. The topological polar surface area (TPSA) is 66.8 Å². The van der Waals surface area contributed by atoms with E-state index in [0.717, 1.165) is 0 Å². The van der Waals surface area contributed by atoms with E-state index in [4.69, 9.17) is 9.84 Å². The van der Waals surface area contributed by atoms with E-state index < -0.39 is 12.0 Å². The summed E-state index contributed by atoms with van der Waals surface area (Å²) in [6.07, 6.45) is 0. The maximum Gasteiger partial charge on any atom is 0.328 e. The summed E-state index contributed by atoms with van der Waals surface area (Å²) in [5.74, 6) is -1.35. The molecule has 0 saturated carbocycles. The minimum Gasteiger partial charge on any atom is -0.480 e.